The second-order valence-corrected chi connectivity index (χ2v) is 6.54. The van der Waals surface area contributed by atoms with Gasteiger partial charge in [-0.1, -0.05) is 72.5 Å². The Morgan fingerprint density at radius 3 is 2.00 bits per heavy atom. The molecule has 0 aliphatic rings. The van der Waals surface area contributed by atoms with E-state index in [0.29, 0.717) is 25.0 Å². The van der Waals surface area contributed by atoms with Gasteiger partial charge in [-0.05, 0) is 29.3 Å². The summed E-state index contributed by atoms with van der Waals surface area (Å²) >= 11 is 0. The maximum Gasteiger partial charge on any atom is 0.229 e. The van der Waals surface area contributed by atoms with Crippen LogP contribution in [0.5, 0.6) is 11.8 Å². The number of hydrogen-bond acceptors (Lipinski definition) is 4. The van der Waals surface area contributed by atoms with Gasteiger partial charge in [-0.3, -0.25) is 0 Å². The van der Waals surface area contributed by atoms with E-state index in [2.05, 4.69) is 21.8 Å². The molecule has 2 heterocycles. The van der Waals surface area contributed by atoms with Crippen molar-refractivity contribution in [3.63, 3.8) is 0 Å². The minimum Gasteiger partial charge on any atom is -0.473 e. The predicted octanol–water partition coefficient (Wildman–Crippen LogP) is 5.03. The van der Waals surface area contributed by atoms with Gasteiger partial charge in [0.05, 0.1) is 5.56 Å². The van der Waals surface area contributed by atoms with Crippen LogP contribution in [0.4, 0.5) is 0 Å². The Morgan fingerprint density at radius 1 is 0.633 bits per heavy atom. The number of nitrogens with zero attached hydrogens (tertiary/aromatic N) is 2. The van der Waals surface area contributed by atoms with Crippen molar-refractivity contribution < 1.29 is 9.47 Å². The second-order valence-electron chi connectivity index (χ2n) is 6.54. The van der Waals surface area contributed by atoms with E-state index in [1.165, 1.54) is 0 Å². The molecule has 4 rings (SSSR count). The molecule has 0 radical (unpaired) electrons. The summed E-state index contributed by atoms with van der Waals surface area (Å²) < 4.78 is 11.6. The quantitative estimate of drug-likeness (QED) is 0.432. The summed E-state index contributed by atoms with van der Waals surface area (Å²) in [5.41, 5.74) is 3.71. The standard InChI is InChI=1S/C26H20N2O2/c1-3-8-22(9-4-1)19-29-25-16-14-21(18-28-25)13-15-24-12-7-17-27-26(24)30-20-23-10-5-2-6-11-23/h1-12,14,16-18H,19-20H2. The molecule has 0 aliphatic heterocycles. The van der Waals surface area contributed by atoms with Gasteiger partial charge in [0, 0.05) is 24.0 Å². The minimum atomic E-state index is 0.446. The molecule has 0 aliphatic carbocycles. The van der Waals surface area contributed by atoms with Crippen molar-refractivity contribution in [3.8, 4) is 23.6 Å². The van der Waals surface area contributed by atoms with Crippen LogP contribution < -0.4 is 9.47 Å². The van der Waals surface area contributed by atoms with Gasteiger partial charge in [-0.25, -0.2) is 9.97 Å². The molecule has 0 bridgehead atoms. The Bertz CT molecular complexity index is 1130. The highest BCUT2D eigenvalue weighted by molar-refractivity contribution is 5.46. The fraction of sp³-hybridized carbons (Fsp3) is 0.0769. The summed E-state index contributed by atoms with van der Waals surface area (Å²) in [5, 5.41) is 0. The summed E-state index contributed by atoms with van der Waals surface area (Å²) in [6.45, 7) is 0.929. The van der Waals surface area contributed by atoms with Crippen LogP contribution in [0.15, 0.2) is 97.3 Å². The zero-order chi connectivity index (χ0) is 20.4. The van der Waals surface area contributed by atoms with Crippen molar-refractivity contribution in [3.05, 3.63) is 120 Å². The van der Waals surface area contributed by atoms with Crippen LogP contribution in [0, 0.1) is 11.8 Å². The molecule has 30 heavy (non-hydrogen) atoms. The summed E-state index contributed by atoms with van der Waals surface area (Å²) in [7, 11) is 0. The average Bonchev–Trinajstić information content (AvgIpc) is 2.82. The van der Waals surface area contributed by atoms with Crippen molar-refractivity contribution in [1.29, 1.82) is 0 Å². The maximum absolute atomic E-state index is 5.86. The Hall–Kier alpha value is -4.10. The lowest BCUT2D eigenvalue weighted by atomic mass is 10.2. The number of hydrogen-bond donors (Lipinski definition) is 0. The SMILES string of the molecule is C(#Cc1cccnc1OCc1ccccc1)c1ccc(OCc2ccccc2)nc1. The number of ether oxygens (including phenoxy) is 2. The predicted molar refractivity (Wildman–Crippen MR) is 116 cm³/mol. The molecule has 4 nitrogen and oxygen atoms in total. The van der Waals surface area contributed by atoms with Gasteiger partial charge in [-0.2, -0.15) is 0 Å². The largest absolute Gasteiger partial charge is 0.473 e. The minimum absolute atomic E-state index is 0.446. The molecule has 0 amide bonds. The highest BCUT2D eigenvalue weighted by atomic mass is 16.5. The topological polar surface area (TPSA) is 44.2 Å². The fourth-order valence-corrected chi connectivity index (χ4v) is 2.74. The van der Waals surface area contributed by atoms with Crippen molar-refractivity contribution in [2.75, 3.05) is 0 Å². The molecule has 4 heteroatoms. The van der Waals surface area contributed by atoms with E-state index in [0.717, 1.165) is 22.3 Å². The lowest BCUT2D eigenvalue weighted by Gasteiger charge is -2.06. The molecule has 0 N–H and O–H groups in total. The van der Waals surface area contributed by atoms with Gasteiger partial charge in [0.25, 0.3) is 0 Å². The average molecular weight is 392 g/mol. The first-order chi connectivity index (χ1) is 14.9. The Labute approximate surface area is 176 Å². The Kier molecular flexibility index (Phi) is 6.35. The van der Waals surface area contributed by atoms with E-state index in [-0.39, 0.29) is 0 Å². The van der Waals surface area contributed by atoms with E-state index in [4.69, 9.17) is 9.47 Å². The highest BCUT2D eigenvalue weighted by Gasteiger charge is 2.03. The molecule has 0 saturated heterocycles. The molecule has 146 valence electrons. The zero-order valence-electron chi connectivity index (χ0n) is 16.4. The summed E-state index contributed by atoms with van der Waals surface area (Å²) in [5.74, 6) is 7.32. The van der Waals surface area contributed by atoms with E-state index >= 15 is 0 Å². The Balaban J connectivity index is 1.40. The molecule has 2 aromatic carbocycles. The molecule has 0 unspecified atom stereocenters. The van der Waals surface area contributed by atoms with Crippen molar-refractivity contribution in [2.45, 2.75) is 13.2 Å². The fourth-order valence-electron chi connectivity index (χ4n) is 2.74. The van der Waals surface area contributed by atoms with Crippen LogP contribution in [-0.2, 0) is 13.2 Å². The van der Waals surface area contributed by atoms with E-state index < -0.39 is 0 Å². The molecule has 2 aromatic heterocycles. The monoisotopic (exact) mass is 392 g/mol. The highest BCUT2D eigenvalue weighted by Crippen LogP contribution is 2.15. The summed E-state index contributed by atoms with van der Waals surface area (Å²) in [4.78, 5) is 8.65. The normalized spacial score (nSPS) is 10.0. The van der Waals surface area contributed by atoms with Gasteiger partial charge in [0.2, 0.25) is 11.8 Å². The first-order valence-corrected chi connectivity index (χ1v) is 9.63. The molecule has 0 fully saturated rings. The first-order valence-electron chi connectivity index (χ1n) is 9.63. The molecular weight excluding hydrogens is 372 g/mol. The molecule has 0 atom stereocenters. The summed E-state index contributed by atoms with van der Waals surface area (Å²) in [6.07, 6.45) is 3.40. The van der Waals surface area contributed by atoms with Crippen molar-refractivity contribution in [1.82, 2.24) is 9.97 Å². The maximum atomic E-state index is 5.86. The van der Waals surface area contributed by atoms with Crippen LogP contribution in [0.1, 0.15) is 22.3 Å². The zero-order valence-corrected chi connectivity index (χ0v) is 16.4. The summed E-state index contributed by atoms with van der Waals surface area (Å²) in [6, 6.07) is 27.4. The Morgan fingerprint density at radius 2 is 1.33 bits per heavy atom. The molecule has 0 spiro atoms. The van der Waals surface area contributed by atoms with Crippen molar-refractivity contribution >= 4 is 0 Å². The number of pyridine rings is 2. The smallest absolute Gasteiger partial charge is 0.229 e. The van der Waals surface area contributed by atoms with E-state index in [9.17, 15) is 0 Å². The van der Waals surface area contributed by atoms with Gasteiger partial charge in [0.15, 0.2) is 0 Å². The van der Waals surface area contributed by atoms with Crippen molar-refractivity contribution in [2.24, 2.45) is 0 Å². The van der Waals surface area contributed by atoms with Crippen LogP contribution in [0.25, 0.3) is 0 Å². The van der Waals surface area contributed by atoms with Crippen LogP contribution in [0.2, 0.25) is 0 Å². The van der Waals surface area contributed by atoms with Gasteiger partial charge >= 0.3 is 0 Å². The van der Waals surface area contributed by atoms with Gasteiger partial charge < -0.3 is 9.47 Å². The third-order valence-corrected chi connectivity index (χ3v) is 4.30. The first kappa shape index (κ1) is 19.2. The van der Waals surface area contributed by atoms with E-state index in [1.54, 1.807) is 12.4 Å². The third kappa shape index (κ3) is 5.46. The van der Waals surface area contributed by atoms with Crippen LogP contribution in [-0.4, -0.2) is 9.97 Å². The van der Waals surface area contributed by atoms with Gasteiger partial charge in [-0.15, -0.1) is 0 Å². The van der Waals surface area contributed by atoms with Crippen LogP contribution >= 0.6 is 0 Å². The van der Waals surface area contributed by atoms with Gasteiger partial charge in [0.1, 0.15) is 13.2 Å². The number of rotatable bonds is 6. The molecule has 0 saturated carbocycles. The third-order valence-electron chi connectivity index (χ3n) is 4.30. The number of aromatic nitrogens is 2. The van der Waals surface area contributed by atoms with E-state index in [1.807, 2.05) is 84.9 Å². The molecular formula is C26H20N2O2. The second kappa shape index (κ2) is 9.90. The van der Waals surface area contributed by atoms with Crippen LogP contribution in [0.3, 0.4) is 0 Å². The lowest BCUT2D eigenvalue weighted by Crippen LogP contribution is -1.99. The number of benzene rings is 2. The lowest BCUT2D eigenvalue weighted by molar-refractivity contribution is 0.293. The molecule has 4 aromatic rings.